The summed E-state index contributed by atoms with van der Waals surface area (Å²) in [5, 5.41) is 1.23. The van der Waals surface area contributed by atoms with Gasteiger partial charge in [0.15, 0.2) is 0 Å². The number of hydrogen-bond donors (Lipinski definition) is 0. The van der Waals surface area contributed by atoms with E-state index in [1.165, 1.54) is 6.07 Å². The number of benzene rings is 1. The average Bonchev–Trinajstić information content (AvgIpc) is 1.97. The average molecular weight is 277 g/mol. The molecular weight excluding hydrogens is 274 g/mol. The maximum absolute atomic E-state index is 5.66. The van der Waals surface area contributed by atoms with E-state index in [2.05, 4.69) is 0 Å². The second-order valence-corrected chi connectivity index (χ2v) is 3.73. The Morgan fingerprint density at radius 1 is 0.667 bits per heavy atom. The van der Waals surface area contributed by atoms with Crippen molar-refractivity contribution in [3.8, 4) is 0 Å². The molecule has 0 unspecified atom stereocenters. The van der Waals surface area contributed by atoms with Crippen molar-refractivity contribution in [2.75, 3.05) is 0 Å². The van der Waals surface area contributed by atoms with Crippen LogP contribution in [0, 0.1) is 0 Å². The highest BCUT2D eigenvalue weighted by molar-refractivity contribution is 6.54. The van der Waals surface area contributed by atoms with E-state index in [0.29, 0.717) is 10.0 Å². The first-order chi connectivity index (χ1) is 5.04. The molecule has 0 N–H and O–H groups in total. The highest BCUT2D eigenvalue weighted by Gasteiger charge is 2.10. The van der Waals surface area contributed by atoms with Crippen LogP contribution in [-0.2, 0) is 0 Å². The Balaban J connectivity index is 0.00000121. The molecule has 1 aromatic carbocycles. The smallest absolute Gasteiger partial charge is 0.0826 e. The maximum Gasteiger partial charge on any atom is 0.316 e. The van der Waals surface area contributed by atoms with E-state index in [4.69, 9.17) is 58.0 Å². The molecule has 0 aliphatic carbocycles. The molecule has 0 saturated carbocycles. The second-order valence-electron chi connectivity index (χ2n) is 1.78. The first-order valence-corrected chi connectivity index (χ1v) is 4.41. The number of rotatable bonds is 0. The van der Waals surface area contributed by atoms with Gasteiger partial charge in [0, 0.05) is 0 Å². The van der Waals surface area contributed by atoms with Crippen molar-refractivity contribution in [2.45, 2.75) is 0 Å². The van der Waals surface area contributed by atoms with Gasteiger partial charge in [0.25, 0.3) is 0 Å². The van der Waals surface area contributed by atoms with E-state index in [-0.39, 0.29) is 38.1 Å². The third kappa shape index (κ3) is 2.71. The lowest BCUT2D eigenvalue weighted by Gasteiger charge is -2.02. The number of halogens is 5. The molecule has 6 heteroatoms. The molecule has 0 amide bonds. The molecule has 0 saturated heterocycles. The highest BCUT2D eigenvalue weighted by Crippen LogP contribution is 2.40. The van der Waals surface area contributed by atoms with Crippen LogP contribution in [0.1, 0.15) is 0 Å². The van der Waals surface area contributed by atoms with Gasteiger partial charge in [0.1, 0.15) is 0 Å². The van der Waals surface area contributed by atoms with E-state index in [9.17, 15) is 0 Å². The van der Waals surface area contributed by atoms with Gasteiger partial charge in [0.2, 0.25) is 0 Å². The lowest BCUT2D eigenvalue weighted by Crippen LogP contribution is -1.75. The molecule has 0 fully saturated rings. The largest absolute Gasteiger partial charge is 0.316 e. The minimum atomic E-state index is 0. The fraction of sp³-hybridized carbons (Fsp3) is 0. The van der Waals surface area contributed by atoms with Gasteiger partial charge in [-0.3, -0.25) is 0 Å². The Morgan fingerprint density at radius 3 is 1.33 bits per heavy atom. The molecule has 0 heterocycles. The summed E-state index contributed by atoms with van der Waals surface area (Å²) >= 11 is 28.2. The molecule has 0 radical (unpaired) electrons. The minimum absolute atomic E-state index is 0. The summed E-state index contributed by atoms with van der Waals surface area (Å²) in [6.07, 6.45) is 0. The zero-order chi connectivity index (χ0) is 8.59. The van der Waals surface area contributed by atoms with Crippen molar-refractivity contribution in [1.29, 1.82) is 0 Å². The van der Waals surface area contributed by atoms with E-state index >= 15 is 0 Å². The van der Waals surface area contributed by atoms with Crippen LogP contribution in [0.2, 0.25) is 25.1 Å². The van der Waals surface area contributed by atoms with E-state index in [1.807, 2.05) is 0 Å². The zero-order valence-corrected chi connectivity index (χ0v) is 8.75. The third-order valence-corrected chi connectivity index (χ3v) is 3.20. The van der Waals surface area contributed by atoms with Gasteiger partial charge >= 0.3 is 23.1 Å². The summed E-state index contributed by atoms with van der Waals surface area (Å²) in [6, 6.07) is 1.44. The van der Waals surface area contributed by atoms with Gasteiger partial charge in [-0.2, -0.15) is 0 Å². The van der Waals surface area contributed by atoms with Gasteiger partial charge in [-0.1, -0.05) is 58.0 Å². The summed E-state index contributed by atoms with van der Waals surface area (Å²) in [6.45, 7) is 0. The van der Waals surface area contributed by atoms with Crippen molar-refractivity contribution in [2.24, 2.45) is 0 Å². The summed E-state index contributed by atoms with van der Waals surface area (Å²) in [7, 11) is 0. The van der Waals surface area contributed by atoms with Gasteiger partial charge in [-0.25, -0.2) is 0 Å². The maximum atomic E-state index is 5.66. The Labute approximate surface area is 111 Å². The molecule has 0 spiro atoms. The fourth-order valence-corrected chi connectivity index (χ4v) is 1.65. The summed E-state index contributed by atoms with van der Waals surface area (Å²) in [4.78, 5) is 0. The van der Waals surface area contributed by atoms with Crippen molar-refractivity contribution >= 4 is 81.1 Å². The Bertz CT molecular complexity index is 272. The molecule has 0 aliphatic rings. The standard InChI is InChI=1S/C6HCl5.Mg.2H/c7-2-1-3(8)5(10)6(11)4(2)9;;;/h1H;;;. The highest BCUT2D eigenvalue weighted by atomic mass is 35.5. The summed E-state index contributed by atoms with van der Waals surface area (Å²) < 4.78 is 0. The van der Waals surface area contributed by atoms with Gasteiger partial charge in [-0.15, -0.1) is 0 Å². The molecule has 64 valence electrons. The first-order valence-electron chi connectivity index (χ1n) is 2.52. The monoisotopic (exact) mass is 274 g/mol. The van der Waals surface area contributed by atoms with Crippen LogP contribution in [0.5, 0.6) is 0 Å². The lowest BCUT2D eigenvalue weighted by atomic mass is 10.3. The van der Waals surface area contributed by atoms with E-state index in [0.717, 1.165) is 0 Å². The normalized spacial score (nSPS) is 9.42. The van der Waals surface area contributed by atoms with Gasteiger partial charge in [-0.05, 0) is 6.07 Å². The molecule has 1 rings (SSSR count). The molecule has 0 atom stereocenters. The quantitative estimate of drug-likeness (QED) is 0.381. The molecule has 12 heavy (non-hydrogen) atoms. The first kappa shape index (κ1) is 13.4. The van der Waals surface area contributed by atoms with Crippen molar-refractivity contribution in [3.63, 3.8) is 0 Å². The van der Waals surface area contributed by atoms with Crippen molar-refractivity contribution in [1.82, 2.24) is 0 Å². The lowest BCUT2D eigenvalue weighted by molar-refractivity contribution is 1.70. The van der Waals surface area contributed by atoms with Crippen LogP contribution < -0.4 is 0 Å². The molecule has 0 aliphatic heterocycles. The van der Waals surface area contributed by atoms with Crippen molar-refractivity contribution in [3.05, 3.63) is 31.2 Å². The van der Waals surface area contributed by atoms with Gasteiger partial charge < -0.3 is 0 Å². The summed E-state index contributed by atoms with van der Waals surface area (Å²) in [5.41, 5.74) is 0. The molecule has 1 aromatic rings. The zero-order valence-electron chi connectivity index (χ0n) is 4.97. The molecule has 0 aromatic heterocycles. The Hall–Kier alpha value is 1.44. The molecular formula is C6H3Cl5Mg. The van der Waals surface area contributed by atoms with Crippen LogP contribution >= 0.6 is 58.0 Å². The predicted octanol–water partition coefficient (Wildman–Crippen LogP) is 4.04. The molecule has 0 nitrogen and oxygen atoms in total. The Kier molecular flexibility index (Phi) is 5.99. The van der Waals surface area contributed by atoms with E-state index < -0.39 is 0 Å². The fourth-order valence-electron chi connectivity index (χ4n) is 0.544. The SMILES string of the molecule is Clc1cc(Cl)c(Cl)c(Cl)c1Cl.[MgH2]. The minimum Gasteiger partial charge on any atom is -0.0826 e. The van der Waals surface area contributed by atoms with Gasteiger partial charge in [0.05, 0.1) is 25.1 Å². The van der Waals surface area contributed by atoms with Crippen molar-refractivity contribution < 1.29 is 0 Å². The van der Waals surface area contributed by atoms with E-state index in [1.54, 1.807) is 0 Å². The second kappa shape index (κ2) is 5.35. The molecule has 0 bridgehead atoms. The number of hydrogen-bond acceptors (Lipinski definition) is 0. The van der Waals surface area contributed by atoms with Crippen LogP contribution in [0.15, 0.2) is 6.07 Å². The predicted molar refractivity (Wildman–Crippen MR) is 60.0 cm³/mol. The Morgan fingerprint density at radius 2 is 1.00 bits per heavy atom. The van der Waals surface area contributed by atoms with Crippen LogP contribution in [-0.4, -0.2) is 23.1 Å². The van der Waals surface area contributed by atoms with Crippen LogP contribution in [0.25, 0.3) is 0 Å². The topological polar surface area (TPSA) is 0 Å². The summed E-state index contributed by atoms with van der Waals surface area (Å²) in [5.74, 6) is 0. The van der Waals surface area contributed by atoms with Crippen LogP contribution in [0.4, 0.5) is 0 Å². The third-order valence-electron chi connectivity index (χ3n) is 1.06. The van der Waals surface area contributed by atoms with Crippen LogP contribution in [0.3, 0.4) is 0 Å².